The fourth-order valence-corrected chi connectivity index (χ4v) is 3.25. The van der Waals surface area contributed by atoms with Gasteiger partial charge in [-0.1, -0.05) is 0 Å². The Bertz CT molecular complexity index is 926. The van der Waals surface area contributed by atoms with E-state index in [0.717, 1.165) is 24.3 Å². The Kier molecular flexibility index (Phi) is 7.38. The van der Waals surface area contributed by atoms with Crippen LogP contribution in [0.25, 0.3) is 10.8 Å². The van der Waals surface area contributed by atoms with Gasteiger partial charge in [0.2, 0.25) is 0 Å². The molecular formula is C10H7NNa2O7S2. The summed E-state index contributed by atoms with van der Waals surface area (Å²) >= 11 is 0. The molecule has 0 fully saturated rings. The maximum Gasteiger partial charge on any atom is 1.00 e. The number of aromatic hydroxyl groups is 1. The number of benzene rings is 2. The minimum atomic E-state index is -5.02. The van der Waals surface area contributed by atoms with E-state index in [-0.39, 0.29) is 64.8 Å². The average molecular weight is 363 g/mol. The van der Waals surface area contributed by atoms with E-state index in [1.807, 2.05) is 0 Å². The van der Waals surface area contributed by atoms with Gasteiger partial charge < -0.3 is 19.9 Å². The average Bonchev–Trinajstić information content (AvgIpc) is 2.24. The largest absolute Gasteiger partial charge is 1.00 e. The molecule has 2 aromatic carbocycles. The van der Waals surface area contributed by atoms with Gasteiger partial charge in [-0.05, 0) is 24.3 Å². The van der Waals surface area contributed by atoms with Crippen LogP contribution in [-0.2, 0) is 20.2 Å². The fraction of sp³-hybridized carbons (Fsp3) is 0. The van der Waals surface area contributed by atoms with E-state index in [9.17, 15) is 31.0 Å². The van der Waals surface area contributed by atoms with Crippen LogP contribution in [0.5, 0.6) is 5.75 Å². The van der Waals surface area contributed by atoms with Gasteiger partial charge in [0.1, 0.15) is 26.0 Å². The summed E-state index contributed by atoms with van der Waals surface area (Å²) in [5.41, 5.74) is 5.17. The Morgan fingerprint density at radius 2 is 1.41 bits per heavy atom. The zero-order valence-electron chi connectivity index (χ0n) is 11.6. The summed E-state index contributed by atoms with van der Waals surface area (Å²) in [6.45, 7) is 0. The number of hydrogen-bond donors (Lipinski definition) is 2. The number of rotatable bonds is 2. The molecule has 22 heavy (non-hydrogen) atoms. The van der Waals surface area contributed by atoms with Crippen molar-refractivity contribution in [2.75, 3.05) is 5.73 Å². The van der Waals surface area contributed by atoms with Crippen LogP contribution in [0.3, 0.4) is 0 Å². The van der Waals surface area contributed by atoms with E-state index in [2.05, 4.69) is 0 Å². The molecular weight excluding hydrogens is 356 g/mol. The van der Waals surface area contributed by atoms with Crippen LogP contribution in [0.1, 0.15) is 0 Å². The third-order valence-corrected chi connectivity index (χ3v) is 4.33. The normalized spacial score (nSPS) is 11.5. The number of phenolic OH excluding ortho intramolecular Hbond substituents is 1. The predicted molar refractivity (Wildman–Crippen MR) is 66.0 cm³/mol. The number of nitrogens with two attached hydrogens (primary N) is 1. The molecule has 8 nitrogen and oxygen atoms in total. The summed E-state index contributed by atoms with van der Waals surface area (Å²) in [7, 11) is -9.96. The Labute approximate surface area is 170 Å². The van der Waals surface area contributed by atoms with Gasteiger partial charge in [0, 0.05) is 16.5 Å². The molecule has 0 spiro atoms. The monoisotopic (exact) mass is 363 g/mol. The number of nitrogen functional groups attached to an aromatic ring is 1. The van der Waals surface area contributed by atoms with Crippen LogP contribution in [0.4, 0.5) is 5.69 Å². The first kappa shape index (κ1) is 22.1. The van der Waals surface area contributed by atoms with Gasteiger partial charge in [-0.2, -0.15) is 0 Å². The zero-order chi connectivity index (χ0) is 15.3. The topological polar surface area (TPSA) is 161 Å². The predicted octanol–water partition coefficient (Wildman–Crippen LogP) is -6.06. The molecule has 0 radical (unpaired) electrons. The van der Waals surface area contributed by atoms with Gasteiger partial charge in [-0.25, -0.2) is 16.8 Å². The summed E-state index contributed by atoms with van der Waals surface area (Å²) in [4.78, 5) is -1.67. The number of phenols is 1. The summed E-state index contributed by atoms with van der Waals surface area (Å²) in [5.74, 6) is -0.651. The molecule has 12 heteroatoms. The van der Waals surface area contributed by atoms with Gasteiger partial charge in [0.15, 0.2) is 0 Å². The number of fused-ring (bicyclic) bond motifs is 1. The van der Waals surface area contributed by atoms with Gasteiger partial charge in [-0.3, -0.25) is 0 Å². The van der Waals surface area contributed by atoms with Crippen LogP contribution in [-0.4, -0.2) is 31.0 Å². The van der Waals surface area contributed by atoms with Gasteiger partial charge in [0.25, 0.3) is 0 Å². The molecule has 0 amide bonds. The molecule has 0 unspecified atom stereocenters. The van der Waals surface area contributed by atoms with Crippen LogP contribution >= 0.6 is 0 Å². The van der Waals surface area contributed by atoms with Crippen molar-refractivity contribution in [3.05, 3.63) is 24.3 Å². The van der Waals surface area contributed by atoms with Crippen molar-refractivity contribution in [2.45, 2.75) is 9.79 Å². The first-order valence-electron chi connectivity index (χ1n) is 4.99. The molecule has 0 saturated carbocycles. The second-order valence-corrected chi connectivity index (χ2v) is 6.63. The van der Waals surface area contributed by atoms with Crippen molar-refractivity contribution >= 4 is 36.7 Å². The van der Waals surface area contributed by atoms with E-state index in [0.29, 0.717) is 0 Å². The third-order valence-electron chi connectivity index (χ3n) is 2.58. The van der Waals surface area contributed by atoms with Crippen molar-refractivity contribution in [2.24, 2.45) is 0 Å². The Hall–Kier alpha value is 0.120. The van der Waals surface area contributed by atoms with E-state index >= 15 is 0 Å². The Balaban J connectivity index is 0.00000220. The molecule has 3 N–H and O–H groups in total. The smallest absolute Gasteiger partial charge is 0.744 e. The molecule has 2 aromatic rings. The summed E-state index contributed by atoms with van der Waals surface area (Å²) in [6.07, 6.45) is 0. The molecule has 0 atom stereocenters. The van der Waals surface area contributed by atoms with Crippen LogP contribution in [0, 0.1) is 0 Å². The Morgan fingerprint density at radius 1 is 0.909 bits per heavy atom. The maximum absolute atomic E-state index is 11.2. The van der Waals surface area contributed by atoms with Crippen molar-refractivity contribution in [3.8, 4) is 5.75 Å². The Morgan fingerprint density at radius 3 is 1.86 bits per heavy atom. The molecule has 2 rings (SSSR count). The van der Waals surface area contributed by atoms with Crippen molar-refractivity contribution in [3.63, 3.8) is 0 Å². The van der Waals surface area contributed by atoms with Crippen molar-refractivity contribution < 1.29 is 90.2 Å². The zero-order valence-corrected chi connectivity index (χ0v) is 17.2. The van der Waals surface area contributed by atoms with Crippen molar-refractivity contribution in [1.82, 2.24) is 0 Å². The van der Waals surface area contributed by atoms with E-state index in [4.69, 9.17) is 5.73 Å². The van der Waals surface area contributed by atoms with Gasteiger partial charge in [0.05, 0.1) is 9.79 Å². The molecule has 0 aliphatic heterocycles. The quantitative estimate of drug-likeness (QED) is 0.303. The first-order valence-corrected chi connectivity index (χ1v) is 7.80. The van der Waals surface area contributed by atoms with Crippen molar-refractivity contribution in [1.29, 1.82) is 0 Å². The van der Waals surface area contributed by atoms with Gasteiger partial charge >= 0.3 is 59.1 Å². The molecule has 0 saturated heterocycles. The second-order valence-electron chi connectivity index (χ2n) is 3.93. The summed E-state index contributed by atoms with van der Waals surface area (Å²) < 4.78 is 66.9. The third kappa shape index (κ3) is 4.35. The van der Waals surface area contributed by atoms with Crippen LogP contribution < -0.4 is 64.8 Å². The van der Waals surface area contributed by atoms with Crippen LogP contribution in [0.2, 0.25) is 0 Å². The summed E-state index contributed by atoms with van der Waals surface area (Å²) in [5, 5.41) is 8.68. The maximum atomic E-state index is 11.2. The molecule has 108 valence electrons. The van der Waals surface area contributed by atoms with E-state index < -0.39 is 46.5 Å². The number of hydrogen-bond acceptors (Lipinski definition) is 8. The van der Waals surface area contributed by atoms with E-state index in [1.165, 1.54) is 0 Å². The fourth-order valence-electron chi connectivity index (χ4n) is 1.84. The van der Waals surface area contributed by atoms with Gasteiger partial charge in [-0.15, -0.1) is 0 Å². The minimum Gasteiger partial charge on any atom is -0.744 e. The van der Waals surface area contributed by atoms with E-state index in [1.54, 1.807) is 0 Å². The summed E-state index contributed by atoms with van der Waals surface area (Å²) in [6, 6.07) is 3.40. The molecule has 0 bridgehead atoms. The standard InChI is InChI=1S/C10H9NO7S2.2Na/c11-5-3-6-8(19(13,14)15)2-1-7(12)10(6)9(4-5)20(16,17)18;;/h1-4,12H,11H2,(H,13,14,15)(H,16,17,18);;/q;2*+1/p-2. The first-order chi connectivity index (χ1) is 9.01. The molecule has 0 heterocycles. The SMILES string of the molecule is Nc1cc(S(=O)(=O)[O-])c2c(O)ccc(S(=O)(=O)[O-])c2c1.[Na+].[Na+]. The molecule has 0 aliphatic carbocycles. The minimum absolute atomic E-state index is 0. The molecule has 0 aliphatic rings. The molecule has 0 aromatic heterocycles. The number of anilines is 1. The van der Waals surface area contributed by atoms with Crippen LogP contribution in [0.15, 0.2) is 34.1 Å². The second kappa shape index (κ2) is 7.34.